The molecule has 0 aliphatic carbocycles. The van der Waals surface area contributed by atoms with Gasteiger partial charge in [0.05, 0.1) is 25.9 Å². The summed E-state index contributed by atoms with van der Waals surface area (Å²) in [7, 11) is 1.66. The zero-order valence-corrected chi connectivity index (χ0v) is 13.5. The van der Waals surface area contributed by atoms with Crippen molar-refractivity contribution in [2.45, 2.75) is 44.2 Å². The van der Waals surface area contributed by atoms with E-state index in [4.69, 9.17) is 9.47 Å². The summed E-state index contributed by atoms with van der Waals surface area (Å²) in [5, 5.41) is 10.00. The predicted octanol–water partition coefficient (Wildman–Crippen LogP) is 0.961. The number of methoxy groups -OCH3 is 1. The highest BCUT2D eigenvalue weighted by atomic mass is 16.5. The minimum Gasteiger partial charge on any atom is -0.389 e. The Morgan fingerprint density at radius 2 is 1.76 bits per heavy atom. The van der Waals surface area contributed by atoms with Gasteiger partial charge >= 0.3 is 0 Å². The van der Waals surface area contributed by atoms with Crippen LogP contribution in [0.2, 0.25) is 0 Å². The Morgan fingerprint density at radius 1 is 1.05 bits per heavy atom. The molecule has 1 atom stereocenters. The van der Waals surface area contributed by atoms with E-state index in [0.717, 1.165) is 25.7 Å². The van der Waals surface area contributed by atoms with E-state index in [1.807, 2.05) is 0 Å². The Bertz CT molecular complexity index is 264. The summed E-state index contributed by atoms with van der Waals surface area (Å²) in [6.45, 7) is 7.10. The third-order valence-corrected chi connectivity index (χ3v) is 4.68. The van der Waals surface area contributed by atoms with Crippen molar-refractivity contribution in [1.29, 1.82) is 0 Å². The van der Waals surface area contributed by atoms with E-state index in [1.165, 1.54) is 45.2 Å². The molecule has 0 amide bonds. The quantitative estimate of drug-likeness (QED) is 0.677. The van der Waals surface area contributed by atoms with Crippen molar-refractivity contribution in [3.63, 3.8) is 0 Å². The molecule has 0 aromatic heterocycles. The molecule has 2 fully saturated rings. The zero-order chi connectivity index (χ0) is 14.9. The third-order valence-electron chi connectivity index (χ3n) is 4.68. The largest absolute Gasteiger partial charge is 0.389 e. The lowest BCUT2D eigenvalue weighted by Gasteiger charge is -2.40. The standard InChI is InChI=1S/C16H32N2O3/c1-20-11-12-21-14-16(19)13-17-9-5-15(6-10-17)18-7-3-2-4-8-18/h15-16,19H,2-14H2,1H3. The summed E-state index contributed by atoms with van der Waals surface area (Å²) < 4.78 is 10.3. The lowest BCUT2D eigenvalue weighted by atomic mass is 10.00. The zero-order valence-electron chi connectivity index (χ0n) is 13.5. The summed E-state index contributed by atoms with van der Waals surface area (Å²) in [6, 6.07) is 0.775. The monoisotopic (exact) mass is 300 g/mol. The average molecular weight is 300 g/mol. The first-order chi connectivity index (χ1) is 10.3. The highest BCUT2D eigenvalue weighted by Crippen LogP contribution is 2.20. The van der Waals surface area contributed by atoms with E-state index in [-0.39, 0.29) is 6.10 Å². The lowest BCUT2D eigenvalue weighted by Crippen LogP contribution is -2.48. The van der Waals surface area contributed by atoms with Gasteiger partial charge in [-0.25, -0.2) is 0 Å². The summed E-state index contributed by atoms with van der Waals surface area (Å²) >= 11 is 0. The average Bonchev–Trinajstić information content (AvgIpc) is 2.53. The number of aliphatic hydroxyl groups is 1. The van der Waals surface area contributed by atoms with Gasteiger partial charge in [-0.3, -0.25) is 0 Å². The molecule has 2 heterocycles. The van der Waals surface area contributed by atoms with Gasteiger partial charge in [0.15, 0.2) is 0 Å². The SMILES string of the molecule is COCCOCC(O)CN1CCC(N2CCCCC2)CC1. The number of hydrogen-bond acceptors (Lipinski definition) is 5. The van der Waals surface area contributed by atoms with Crippen LogP contribution in [0.3, 0.4) is 0 Å². The molecule has 0 aromatic carbocycles. The highest BCUT2D eigenvalue weighted by molar-refractivity contribution is 4.82. The van der Waals surface area contributed by atoms with Crippen LogP contribution in [0.15, 0.2) is 0 Å². The molecular weight excluding hydrogens is 268 g/mol. The Morgan fingerprint density at radius 3 is 2.43 bits per heavy atom. The van der Waals surface area contributed by atoms with Crippen LogP contribution in [-0.4, -0.2) is 86.7 Å². The van der Waals surface area contributed by atoms with Crippen molar-refractivity contribution in [2.75, 3.05) is 59.7 Å². The van der Waals surface area contributed by atoms with Gasteiger partial charge in [0.2, 0.25) is 0 Å². The fraction of sp³-hybridized carbons (Fsp3) is 1.00. The van der Waals surface area contributed by atoms with Crippen LogP contribution in [0.4, 0.5) is 0 Å². The van der Waals surface area contributed by atoms with Gasteiger partial charge in [-0.2, -0.15) is 0 Å². The van der Waals surface area contributed by atoms with Crippen LogP contribution >= 0.6 is 0 Å². The number of likely N-dealkylation sites (tertiary alicyclic amines) is 2. The molecule has 1 unspecified atom stereocenters. The minimum atomic E-state index is -0.381. The molecular formula is C16H32N2O3. The molecule has 2 aliphatic rings. The van der Waals surface area contributed by atoms with E-state index < -0.39 is 0 Å². The molecule has 5 nitrogen and oxygen atoms in total. The number of nitrogens with zero attached hydrogens (tertiary/aromatic N) is 2. The van der Waals surface area contributed by atoms with Gasteiger partial charge in [-0.1, -0.05) is 6.42 Å². The Balaban J connectivity index is 1.57. The molecule has 124 valence electrons. The van der Waals surface area contributed by atoms with Gasteiger partial charge in [0.25, 0.3) is 0 Å². The van der Waals surface area contributed by atoms with Crippen LogP contribution in [-0.2, 0) is 9.47 Å². The number of ether oxygens (including phenoxy) is 2. The van der Waals surface area contributed by atoms with Gasteiger partial charge in [0.1, 0.15) is 0 Å². The molecule has 2 aliphatic heterocycles. The molecule has 0 radical (unpaired) electrons. The van der Waals surface area contributed by atoms with Gasteiger partial charge in [0, 0.05) is 19.7 Å². The Labute approximate surface area is 129 Å². The molecule has 0 saturated carbocycles. The summed E-state index contributed by atoms with van der Waals surface area (Å²) in [4.78, 5) is 5.07. The molecule has 21 heavy (non-hydrogen) atoms. The topological polar surface area (TPSA) is 45.2 Å². The van der Waals surface area contributed by atoms with Crippen LogP contribution in [0, 0.1) is 0 Å². The summed E-state index contributed by atoms with van der Waals surface area (Å²) in [6.07, 6.45) is 6.27. The molecule has 2 rings (SSSR count). The smallest absolute Gasteiger partial charge is 0.0900 e. The van der Waals surface area contributed by atoms with E-state index in [9.17, 15) is 5.11 Å². The van der Waals surface area contributed by atoms with Crippen molar-refractivity contribution < 1.29 is 14.6 Å². The van der Waals surface area contributed by atoms with Crippen LogP contribution in [0.1, 0.15) is 32.1 Å². The number of piperidine rings is 2. The lowest BCUT2D eigenvalue weighted by molar-refractivity contribution is -0.00746. The second-order valence-corrected chi connectivity index (χ2v) is 6.35. The van der Waals surface area contributed by atoms with Gasteiger partial charge in [-0.05, 0) is 51.9 Å². The minimum absolute atomic E-state index is 0.381. The van der Waals surface area contributed by atoms with Crippen LogP contribution in [0.5, 0.6) is 0 Å². The van der Waals surface area contributed by atoms with Crippen LogP contribution < -0.4 is 0 Å². The predicted molar refractivity (Wildman–Crippen MR) is 83.6 cm³/mol. The van der Waals surface area contributed by atoms with Gasteiger partial charge in [-0.15, -0.1) is 0 Å². The van der Waals surface area contributed by atoms with Crippen molar-refractivity contribution in [1.82, 2.24) is 9.80 Å². The number of hydrogen-bond donors (Lipinski definition) is 1. The first-order valence-corrected chi connectivity index (χ1v) is 8.50. The normalized spacial score (nSPS) is 24.3. The van der Waals surface area contributed by atoms with E-state index in [1.54, 1.807) is 7.11 Å². The molecule has 0 aromatic rings. The van der Waals surface area contributed by atoms with E-state index in [2.05, 4.69) is 9.80 Å². The number of aliphatic hydroxyl groups excluding tert-OH is 1. The van der Waals surface area contributed by atoms with E-state index in [0.29, 0.717) is 19.8 Å². The number of β-amino-alcohol motifs (C(OH)–C–C–N with tert-alkyl or cyclic N) is 1. The van der Waals surface area contributed by atoms with Crippen LogP contribution in [0.25, 0.3) is 0 Å². The molecule has 0 bridgehead atoms. The maximum Gasteiger partial charge on any atom is 0.0900 e. The maximum atomic E-state index is 10.00. The van der Waals surface area contributed by atoms with Crippen molar-refractivity contribution >= 4 is 0 Å². The van der Waals surface area contributed by atoms with Crippen molar-refractivity contribution in [2.24, 2.45) is 0 Å². The van der Waals surface area contributed by atoms with Crippen molar-refractivity contribution in [3.05, 3.63) is 0 Å². The first kappa shape index (κ1) is 17.2. The van der Waals surface area contributed by atoms with E-state index >= 15 is 0 Å². The second kappa shape index (κ2) is 9.74. The second-order valence-electron chi connectivity index (χ2n) is 6.35. The maximum absolute atomic E-state index is 10.00. The Kier molecular flexibility index (Phi) is 7.96. The summed E-state index contributed by atoms with van der Waals surface area (Å²) in [5.41, 5.74) is 0. The van der Waals surface area contributed by atoms with Crippen molar-refractivity contribution in [3.8, 4) is 0 Å². The molecule has 1 N–H and O–H groups in total. The van der Waals surface area contributed by atoms with Gasteiger partial charge < -0.3 is 24.4 Å². The molecule has 0 spiro atoms. The third kappa shape index (κ3) is 6.20. The molecule has 2 saturated heterocycles. The number of rotatable bonds is 8. The molecule has 5 heteroatoms. The summed E-state index contributed by atoms with van der Waals surface area (Å²) in [5.74, 6) is 0. The highest BCUT2D eigenvalue weighted by Gasteiger charge is 2.26. The Hall–Kier alpha value is -0.200. The first-order valence-electron chi connectivity index (χ1n) is 8.50. The fourth-order valence-corrected chi connectivity index (χ4v) is 3.46. The fourth-order valence-electron chi connectivity index (χ4n) is 3.46.